The zero-order valence-corrected chi connectivity index (χ0v) is 12.7. The van der Waals surface area contributed by atoms with Crippen molar-refractivity contribution in [3.8, 4) is 0 Å². The van der Waals surface area contributed by atoms with Gasteiger partial charge in [0, 0.05) is 27.2 Å². The van der Waals surface area contributed by atoms with Crippen LogP contribution in [0, 0.1) is 6.92 Å². The highest BCUT2D eigenvalue weighted by Crippen LogP contribution is 2.30. The van der Waals surface area contributed by atoms with Crippen LogP contribution < -0.4 is 9.21 Å². The SMILES string of the molecule is CC.Cc1nc2n(c1N(C)S(C)(=O)=O)CCN2C. The quantitative estimate of drug-likeness (QED) is 0.809. The lowest BCUT2D eigenvalue weighted by molar-refractivity contribution is 0.598. The summed E-state index contributed by atoms with van der Waals surface area (Å²) >= 11 is 0. The van der Waals surface area contributed by atoms with Gasteiger partial charge in [-0.05, 0) is 6.92 Å². The Labute approximate surface area is 109 Å². The van der Waals surface area contributed by atoms with Gasteiger partial charge in [0.2, 0.25) is 16.0 Å². The Morgan fingerprint density at radius 3 is 2.33 bits per heavy atom. The van der Waals surface area contributed by atoms with Gasteiger partial charge >= 0.3 is 0 Å². The zero-order chi connectivity index (χ0) is 14.1. The van der Waals surface area contributed by atoms with Gasteiger partial charge in [-0.2, -0.15) is 0 Å². The van der Waals surface area contributed by atoms with Crippen LogP contribution >= 0.6 is 0 Å². The molecule has 2 heterocycles. The fourth-order valence-corrected chi connectivity index (χ4v) is 2.50. The largest absolute Gasteiger partial charge is 0.343 e. The summed E-state index contributed by atoms with van der Waals surface area (Å²) in [7, 11) is 0.281. The standard InChI is InChI=1S/C9H16N4O2S.C2H6/c1-7-8(12(3)16(4,14)15)13-6-5-11(2)9(13)10-7;1-2/h5-6H2,1-4H3;1-2H3. The average Bonchev–Trinajstić information content (AvgIpc) is 2.79. The molecule has 1 aromatic rings. The van der Waals surface area contributed by atoms with Crippen LogP contribution in [0.25, 0.3) is 0 Å². The lowest BCUT2D eigenvalue weighted by Gasteiger charge is -2.17. The fourth-order valence-electron chi connectivity index (χ4n) is 1.95. The van der Waals surface area contributed by atoms with Crippen molar-refractivity contribution in [1.29, 1.82) is 0 Å². The van der Waals surface area contributed by atoms with Crippen LogP contribution in [-0.4, -0.2) is 44.9 Å². The number of anilines is 2. The molecule has 0 saturated heterocycles. The van der Waals surface area contributed by atoms with Crippen molar-refractivity contribution in [2.24, 2.45) is 0 Å². The zero-order valence-electron chi connectivity index (χ0n) is 11.9. The monoisotopic (exact) mass is 274 g/mol. The summed E-state index contributed by atoms with van der Waals surface area (Å²) in [5, 5.41) is 0. The van der Waals surface area contributed by atoms with Crippen molar-refractivity contribution in [2.45, 2.75) is 27.3 Å². The van der Waals surface area contributed by atoms with Gasteiger partial charge < -0.3 is 4.90 Å². The molecule has 0 spiro atoms. The molecule has 6 nitrogen and oxygen atoms in total. The van der Waals surface area contributed by atoms with Gasteiger partial charge in [0.25, 0.3) is 0 Å². The molecule has 1 aromatic heterocycles. The second-order valence-corrected chi connectivity index (χ2v) is 6.14. The van der Waals surface area contributed by atoms with Crippen LogP contribution in [0.1, 0.15) is 19.5 Å². The lowest BCUT2D eigenvalue weighted by Crippen LogP contribution is -2.27. The second kappa shape index (κ2) is 5.17. The lowest BCUT2D eigenvalue weighted by atomic mass is 10.5. The molecule has 0 unspecified atom stereocenters. The van der Waals surface area contributed by atoms with Crippen molar-refractivity contribution in [3.05, 3.63) is 5.69 Å². The molecule has 104 valence electrons. The Hall–Kier alpha value is -1.24. The highest BCUT2D eigenvalue weighted by molar-refractivity contribution is 7.92. The molecule has 2 rings (SSSR count). The van der Waals surface area contributed by atoms with Gasteiger partial charge in [-0.25, -0.2) is 13.4 Å². The van der Waals surface area contributed by atoms with E-state index in [0.29, 0.717) is 5.82 Å². The van der Waals surface area contributed by atoms with E-state index in [1.165, 1.54) is 10.6 Å². The van der Waals surface area contributed by atoms with E-state index >= 15 is 0 Å². The molecule has 0 fully saturated rings. The molecular weight excluding hydrogens is 252 g/mol. The van der Waals surface area contributed by atoms with Crippen LogP contribution in [0.2, 0.25) is 0 Å². The summed E-state index contributed by atoms with van der Waals surface area (Å²) in [6.07, 6.45) is 1.20. The first-order valence-electron chi connectivity index (χ1n) is 6.04. The number of hydrogen-bond acceptors (Lipinski definition) is 4. The molecular formula is C11H22N4O2S. The fraction of sp³-hybridized carbons (Fsp3) is 0.727. The van der Waals surface area contributed by atoms with E-state index in [2.05, 4.69) is 4.98 Å². The summed E-state index contributed by atoms with van der Waals surface area (Å²) in [6, 6.07) is 0. The third kappa shape index (κ3) is 2.45. The van der Waals surface area contributed by atoms with E-state index in [1.54, 1.807) is 7.05 Å². The van der Waals surface area contributed by atoms with Crippen LogP contribution in [-0.2, 0) is 16.6 Å². The van der Waals surface area contributed by atoms with Crippen molar-refractivity contribution >= 4 is 21.8 Å². The topological polar surface area (TPSA) is 58.4 Å². The van der Waals surface area contributed by atoms with E-state index in [9.17, 15) is 8.42 Å². The number of imidazole rings is 1. The maximum atomic E-state index is 11.5. The Kier molecular flexibility index (Phi) is 4.26. The molecule has 0 aromatic carbocycles. The molecule has 0 saturated carbocycles. The third-order valence-corrected chi connectivity index (χ3v) is 4.05. The van der Waals surface area contributed by atoms with E-state index in [0.717, 1.165) is 24.7 Å². The summed E-state index contributed by atoms with van der Waals surface area (Å²) in [4.78, 5) is 6.41. The summed E-state index contributed by atoms with van der Waals surface area (Å²) in [5.74, 6) is 1.50. The van der Waals surface area contributed by atoms with Crippen LogP contribution in [0.15, 0.2) is 0 Å². The molecule has 1 aliphatic heterocycles. The predicted molar refractivity (Wildman–Crippen MR) is 74.8 cm³/mol. The Balaban J connectivity index is 0.000000771. The number of fused-ring (bicyclic) bond motifs is 1. The normalized spacial score (nSPS) is 14.0. The number of aromatic nitrogens is 2. The summed E-state index contributed by atoms with van der Waals surface area (Å²) in [6.45, 7) is 7.48. The smallest absolute Gasteiger partial charge is 0.233 e. The minimum atomic E-state index is -3.23. The molecule has 0 amide bonds. The van der Waals surface area contributed by atoms with Gasteiger partial charge in [0.15, 0.2) is 0 Å². The van der Waals surface area contributed by atoms with E-state index in [4.69, 9.17) is 0 Å². The minimum absolute atomic E-state index is 0.668. The van der Waals surface area contributed by atoms with Crippen LogP contribution in [0.5, 0.6) is 0 Å². The van der Waals surface area contributed by atoms with Gasteiger partial charge in [0.1, 0.15) is 5.82 Å². The highest BCUT2D eigenvalue weighted by atomic mass is 32.2. The molecule has 0 radical (unpaired) electrons. The van der Waals surface area contributed by atoms with Crippen LogP contribution in [0.3, 0.4) is 0 Å². The predicted octanol–water partition coefficient (Wildman–Crippen LogP) is 1.06. The molecule has 0 aliphatic carbocycles. The Morgan fingerprint density at radius 1 is 1.28 bits per heavy atom. The summed E-state index contributed by atoms with van der Waals surface area (Å²) < 4.78 is 26.3. The number of aryl methyl sites for hydroxylation is 1. The Morgan fingerprint density at radius 2 is 1.83 bits per heavy atom. The molecule has 1 aliphatic rings. The molecule has 0 N–H and O–H groups in total. The minimum Gasteiger partial charge on any atom is -0.343 e. The first-order valence-corrected chi connectivity index (χ1v) is 7.89. The molecule has 7 heteroatoms. The van der Waals surface area contributed by atoms with Gasteiger partial charge in [0.05, 0.1) is 11.9 Å². The summed E-state index contributed by atoms with van der Waals surface area (Å²) in [5.41, 5.74) is 0.745. The highest BCUT2D eigenvalue weighted by Gasteiger charge is 2.27. The maximum absolute atomic E-state index is 11.5. The number of nitrogens with zero attached hydrogens (tertiary/aromatic N) is 4. The van der Waals surface area contributed by atoms with Gasteiger partial charge in [-0.3, -0.25) is 8.87 Å². The number of hydrogen-bond donors (Lipinski definition) is 0. The Bertz CT molecular complexity index is 521. The first-order chi connectivity index (χ1) is 8.32. The van der Waals surface area contributed by atoms with Gasteiger partial charge in [-0.1, -0.05) is 13.8 Å². The van der Waals surface area contributed by atoms with E-state index in [-0.39, 0.29) is 0 Å². The van der Waals surface area contributed by atoms with E-state index in [1.807, 2.05) is 37.3 Å². The average molecular weight is 274 g/mol. The van der Waals surface area contributed by atoms with Crippen molar-refractivity contribution in [1.82, 2.24) is 9.55 Å². The second-order valence-electron chi connectivity index (χ2n) is 4.12. The molecule has 18 heavy (non-hydrogen) atoms. The van der Waals surface area contributed by atoms with Gasteiger partial charge in [-0.15, -0.1) is 0 Å². The number of likely N-dealkylation sites (N-methyl/N-ethyl adjacent to an activating group) is 1. The van der Waals surface area contributed by atoms with E-state index < -0.39 is 10.0 Å². The third-order valence-electron chi connectivity index (χ3n) is 2.88. The van der Waals surface area contributed by atoms with Crippen molar-refractivity contribution in [3.63, 3.8) is 0 Å². The number of rotatable bonds is 2. The maximum Gasteiger partial charge on any atom is 0.233 e. The molecule has 0 atom stereocenters. The molecule has 0 bridgehead atoms. The van der Waals surface area contributed by atoms with Crippen molar-refractivity contribution < 1.29 is 8.42 Å². The number of sulfonamides is 1. The van der Waals surface area contributed by atoms with Crippen molar-refractivity contribution in [2.75, 3.05) is 36.1 Å². The first kappa shape index (κ1) is 14.8. The van der Waals surface area contributed by atoms with Crippen LogP contribution in [0.4, 0.5) is 11.8 Å².